The van der Waals surface area contributed by atoms with E-state index in [0.29, 0.717) is 13.2 Å². The normalized spacial score (nSPS) is 12.7. The molecule has 2 rings (SSSR count). The first-order valence-corrected chi connectivity index (χ1v) is 7.12. The minimum atomic E-state index is -0.463. The van der Waals surface area contributed by atoms with Crippen LogP contribution in [0.3, 0.4) is 0 Å². The SMILES string of the molecule is COCCn1ncc(Br)c1C(N)c1ccc(F)c(Cl)c1. The number of nitrogens with zero attached hydrogens (tertiary/aromatic N) is 2. The summed E-state index contributed by atoms with van der Waals surface area (Å²) in [6.07, 6.45) is 1.68. The Morgan fingerprint density at radius 3 is 2.95 bits per heavy atom. The van der Waals surface area contributed by atoms with Crippen LogP contribution in [0.2, 0.25) is 5.02 Å². The monoisotopic (exact) mass is 361 g/mol. The molecule has 4 nitrogen and oxygen atoms in total. The molecule has 0 saturated carbocycles. The first-order chi connectivity index (χ1) is 9.54. The molecule has 1 heterocycles. The molecule has 108 valence electrons. The predicted octanol–water partition coefficient (Wildman–Crippen LogP) is 3.13. The summed E-state index contributed by atoms with van der Waals surface area (Å²) in [5, 5.41) is 4.30. The van der Waals surface area contributed by atoms with Crippen LogP contribution in [-0.4, -0.2) is 23.5 Å². The van der Waals surface area contributed by atoms with Gasteiger partial charge < -0.3 is 10.5 Å². The zero-order valence-corrected chi connectivity index (χ0v) is 13.2. The molecule has 0 amide bonds. The van der Waals surface area contributed by atoms with E-state index >= 15 is 0 Å². The highest BCUT2D eigenvalue weighted by Crippen LogP contribution is 2.28. The molecule has 0 aliphatic carbocycles. The van der Waals surface area contributed by atoms with Crippen LogP contribution in [0.1, 0.15) is 17.3 Å². The van der Waals surface area contributed by atoms with Crippen molar-refractivity contribution in [2.45, 2.75) is 12.6 Å². The highest BCUT2D eigenvalue weighted by molar-refractivity contribution is 9.10. The molecule has 1 aromatic heterocycles. The summed E-state index contributed by atoms with van der Waals surface area (Å²) in [4.78, 5) is 0. The zero-order chi connectivity index (χ0) is 14.7. The quantitative estimate of drug-likeness (QED) is 0.889. The maximum atomic E-state index is 13.2. The number of nitrogens with two attached hydrogens (primary N) is 1. The number of hydrogen-bond acceptors (Lipinski definition) is 3. The summed E-state index contributed by atoms with van der Waals surface area (Å²) in [5.41, 5.74) is 7.76. The highest BCUT2D eigenvalue weighted by Gasteiger charge is 2.19. The van der Waals surface area contributed by atoms with Crippen molar-refractivity contribution >= 4 is 27.5 Å². The van der Waals surface area contributed by atoms with Gasteiger partial charge in [0.15, 0.2) is 0 Å². The Morgan fingerprint density at radius 2 is 2.30 bits per heavy atom. The number of hydrogen-bond donors (Lipinski definition) is 1. The van der Waals surface area contributed by atoms with E-state index in [1.165, 1.54) is 12.1 Å². The van der Waals surface area contributed by atoms with Crippen LogP contribution in [0.15, 0.2) is 28.9 Å². The first-order valence-electron chi connectivity index (χ1n) is 5.95. The molecule has 1 atom stereocenters. The predicted molar refractivity (Wildman–Crippen MR) is 79.2 cm³/mol. The Balaban J connectivity index is 2.34. The average molecular weight is 363 g/mol. The van der Waals surface area contributed by atoms with Gasteiger partial charge in [-0.1, -0.05) is 17.7 Å². The second-order valence-electron chi connectivity index (χ2n) is 4.24. The molecule has 1 unspecified atom stereocenters. The third kappa shape index (κ3) is 3.20. The van der Waals surface area contributed by atoms with Crippen LogP contribution in [0, 0.1) is 5.82 Å². The van der Waals surface area contributed by atoms with Crippen molar-refractivity contribution in [2.75, 3.05) is 13.7 Å². The van der Waals surface area contributed by atoms with Crippen molar-refractivity contribution in [1.29, 1.82) is 0 Å². The molecule has 2 aromatic rings. The van der Waals surface area contributed by atoms with Gasteiger partial charge in [0.05, 0.1) is 40.6 Å². The standard InChI is InChI=1S/C13H14BrClFN3O/c1-20-5-4-19-13(9(14)7-18-19)12(17)8-2-3-11(16)10(15)6-8/h2-3,6-7,12H,4-5,17H2,1H3. The first kappa shape index (κ1) is 15.4. The summed E-state index contributed by atoms with van der Waals surface area (Å²) < 4.78 is 20.8. The van der Waals surface area contributed by atoms with Crippen LogP contribution in [0.5, 0.6) is 0 Å². The molecule has 0 spiro atoms. The van der Waals surface area contributed by atoms with E-state index in [4.69, 9.17) is 22.1 Å². The van der Waals surface area contributed by atoms with Crippen molar-refractivity contribution in [2.24, 2.45) is 5.73 Å². The summed E-state index contributed by atoms with van der Waals surface area (Å²) in [6.45, 7) is 1.11. The topological polar surface area (TPSA) is 53.1 Å². The van der Waals surface area contributed by atoms with E-state index in [-0.39, 0.29) is 5.02 Å². The third-order valence-corrected chi connectivity index (χ3v) is 3.84. The zero-order valence-electron chi connectivity index (χ0n) is 10.8. The summed E-state index contributed by atoms with van der Waals surface area (Å²) in [5.74, 6) is -0.463. The minimum Gasteiger partial charge on any atom is -0.383 e. The van der Waals surface area contributed by atoms with Crippen LogP contribution in [-0.2, 0) is 11.3 Å². The molecule has 0 fully saturated rings. The summed E-state index contributed by atoms with van der Waals surface area (Å²) >= 11 is 9.23. The van der Waals surface area contributed by atoms with E-state index in [1.54, 1.807) is 24.1 Å². The number of ether oxygens (including phenoxy) is 1. The van der Waals surface area contributed by atoms with E-state index in [1.807, 2.05) is 0 Å². The molecule has 1 aromatic carbocycles. The number of halogens is 3. The lowest BCUT2D eigenvalue weighted by molar-refractivity contribution is 0.182. The van der Waals surface area contributed by atoms with Gasteiger partial charge in [0.1, 0.15) is 5.82 Å². The van der Waals surface area contributed by atoms with Gasteiger partial charge in [-0.25, -0.2) is 4.39 Å². The number of methoxy groups -OCH3 is 1. The van der Waals surface area contributed by atoms with Crippen molar-refractivity contribution < 1.29 is 9.13 Å². The second kappa shape index (κ2) is 6.67. The molecular formula is C13H14BrClFN3O. The molecule has 0 bridgehead atoms. The van der Waals surface area contributed by atoms with Crippen molar-refractivity contribution in [3.8, 4) is 0 Å². The van der Waals surface area contributed by atoms with Crippen molar-refractivity contribution in [1.82, 2.24) is 9.78 Å². The Kier molecular flexibility index (Phi) is 5.15. The smallest absolute Gasteiger partial charge is 0.141 e. The summed E-state index contributed by atoms with van der Waals surface area (Å²) in [6, 6.07) is 4.00. The second-order valence-corrected chi connectivity index (χ2v) is 5.51. The van der Waals surface area contributed by atoms with Crippen LogP contribution in [0.4, 0.5) is 4.39 Å². The van der Waals surface area contributed by atoms with Gasteiger partial charge in [0, 0.05) is 7.11 Å². The Morgan fingerprint density at radius 1 is 1.55 bits per heavy atom. The fourth-order valence-electron chi connectivity index (χ4n) is 1.90. The molecular weight excluding hydrogens is 349 g/mol. The fraction of sp³-hybridized carbons (Fsp3) is 0.308. The lowest BCUT2D eigenvalue weighted by atomic mass is 10.0. The van der Waals surface area contributed by atoms with Crippen molar-refractivity contribution in [3.05, 3.63) is 51.0 Å². The number of rotatable bonds is 5. The number of aromatic nitrogens is 2. The van der Waals surface area contributed by atoms with E-state index in [0.717, 1.165) is 15.7 Å². The fourth-order valence-corrected chi connectivity index (χ4v) is 2.63. The third-order valence-electron chi connectivity index (χ3n) is 2.94. The van der Waals surface area contributed by atoms with E-state index in [9.17, 15) is 4.39 Å². The Labute approximate surface area is 129 Å². The maximum absolute atomic E-state index is 13.2. The summed E-state index contributed by atoms with van der Waals surface area (Å²) in [7, 11) is 1.62. The molecule has 0 aliphatic rings. The largest absolute Gasteiger partial charge is 0.383 e. The van der Waals surface area contributed by atoms with Gasteiger partial charge in [-0.3, -0.25) is 4.68 Å². The van der Waals surface area contributed by atoms with Crippen LogP contribution in [0.25, 0.3) is 0 Å². The lowest BCUT2D eigenvalue weighted by Crippen LogP contribution is -2.19. The van der Waals surface area contributed by atoms with Crippen molar-refractivity contribution in [3.63, 3.8) is 0 Å². The van der Waals surface area contributed by atoms with Gasteiger partial charge >= 0.3 is 0 Å². The van der Waals surface area contributed by atoms with Gasteiger partial charge in [0.25, 0.3) is 0 Å². The van der Waals surface area contributed by atoms with Gasteiger partial charge in [-0.2, -0.15) is 5.10 Å². The van der Waals surface area contributed by atoms with Gasteiger partial charge in [-0.15, -0.1) is 0 Å². The van der Waals surface area contributed by atoms with Crippen LogP contribution < -0.4 is 5.73 Å². The van der Waals surface area contributed by atoms with Gasteiger partial charge in [-0.05, 0) is 33.6 Å². The van der Waals surface area contributed by atoms with E-state index < -0.39 is 11.9 Å². The average Bonchev–Trinajstić information content (AvgIpc) is 2.80. The molecule has 7 heteroatoms. The minimum absolute atomic E-state index is 0.0528. The highest BCUT2D eigenvalue weighted by atomic mass is 79.9. The van der Waals surface area contributed by atoms with E-state index in [2.05, 4.69) is 21.0 Å². The van der Waals surface area contributed by atoms with Gasteiger partial charge in [0.2, 0.25) is 0 Å². The molecule has 0 radical (unpaired) electrons. The molecule has 2 N–H and O–H groups in total. The molecule has 20 heavy (non-hydrogen) atoms. The Bertz CT molecular complexity index is 605. The maximum Gasteiger partial charge on any atom is 0.141 e. The molecule has 0 saturated heterocycles. The molecule has 0 aliphatic heterocycles. The lowest BCUT2D eigenvalue weighted by Gasteiger charge is -2.16. The van der Waals surface area contributed by atoms with Crippen LogP contribution >= 0.6 is 27.5 Å². The Hall–Kier alpha value is -0.950. The number of benzene rings is 1.